The maximum Gasteiger partial charge on any atom is 0.415 e. The Kier molecular flexibility index (Phi) is 10.4. The van der Waals surface area contributed by atoms with Crippen molar-refractivity contribution in [1.82, 2.24) is 19.4 Å². The quantitative estimate of drug-likeness (QED) is 0.171. The van der Waals surface area contributed by atoms with E-state index < -0.39 is 23.5 Å². The molecule has 11 nitrogen and oxygen atoms in total. The predicted molar refractivity (Wildman–Crippen MR) is 206 cm³/mol. The molecule has 1 amide bonds. The number of piperidine rings is 2. The first-order chi connectivity index (χ1) is 25.7. The van der Waals surface area contributed by atoms with Crippen LogP contribution in [0, 0.1) is 17.3 Å². The smallest absolute Gasteiger partial charge is 0.415 e. The molecular weight excluding hydrogens is 684 g/mol. The van der Waals surface area contributed by atoms with Gasteiger partial charge in [-0.1, -0.05) is 54.9 Å². The standard InChI is InChI=1S/C43H56N4O7/c1-8-29-30-21-28(53-41(51)46-19-15-27(16-20-46)45-17-11-10-12-18-45)13-14-35(30)44-37-32(29)24-47-36(37)22-34-33(38(47)48)25-52-40(50)43(34,9-2)54-39(49)31(26(3)4)23-42(5,6)7/h13-14,21-22,26-27,31H,8-12,15-20,23-25H2,1-7H3/t31?,43-/m0/s1. The molecule has 3 aromatic rings. The fraction of sp³-hybridized carbons (Fsp3) is 0.605. The molecule has 4 aliphatic rings. The molecule has 1 aromatic carbocycles. The van der Waals surface area contributed by atoms with E-state index in [-0.39, 0.29) is 36.0 Å². The fourth-order valence-electron chi connectivity index (χ4n) is 9.13. The van der Waals surface area contributed by atoms with Crippen LogP contribution in [0.2, 0.25) is 0 Å². The molecule has 11 heteroatoms. The molecule has 2 saturated heterocycles. The number of cyclic esters (lactones) is 1. The molecule has 0 aliphatic carbocycles. The average molecular weight is 741 g/mol. The number of likely N-dealkylation sites (tertiary alicyclic amines) is 2. The molecule has 0 spiro atoms. The molecule has 6 heterocycles. The number of pyridine rings is 2. The summed E-state index contributed by atoms with van der Waals surface area (Å²) in [4.78, 5) is 64.6. The highest BCUT2D eigenvalue weighted by molar-refractivity contribution is 5.91. The van der Waals surface area contributed by atoms with Gasteiger partial charge in [0.05, 0.1) is 34.9 Å². The highest BCUT2D eigenvalue weighted by Crippen LogP contribution is 2.43. The van der Waals surface area contributed by atoms with Crippen LogP contribution in [0.5, 0.6) is 5.75 Å². The van der Waals surface area contributed by atoms with Gasteiger partial charge in [0.25, 0.3) is 5.56 Å². The van der Waals surface area contributed by atoms with Gasteiger partial charge >= 0.3 is 18.0 Å². The van der Waals surface area contributed by atoms with Crippen molar-refractivity contribution >= 4 is 28.9 Å². The van der Waals surface area contributed by atoms with Gasteiger partial charge in [-0.3, -0.25) is 9.59 Å². The van der Waals surface area contributed by atoms with E-state index in [9.17, 15) is 19.2 Å². The Labute approximate surface area is 318 Å². The molecule has 4 aliphatic heterocycles. The summed E-state index contributed by atoms with van der Waals surface area (Å²) < 4.78 is 19.5. The summed E-state index contributed by atoms with van der Waals surface area (Å²) in [6.07, 6.45) is 6.78. The van der Waals surface area contributed by atoms with Gasteiger partial charge in [0, 0.05) is 35.6 Å². The van der Waals surface area contributed by atoms with Crippen LogP contribution in [-0.4, -0.2) is 69.6 Å². The molecule has 2 aromatic heterocycles. The van der Waals surface area contributed by atoms with Crippen LogP contribution >= 0.6 is 0 Å². The normalized spacial score (nSPS) is 21.0. The molecule has 0 saturated carbocycles. The van der Waals surface area contributed by atoms with Crippen LogP contribution in [-0.2, 0) is 44.2 Å². The Balaban J connectivity index is 1.18. The number of amides is 1. The first-order valence-corrected chi connectivity index (χ1v) is 20.1. The van der Waals surface area contributed by atoms with Crippen LogP contribution < -0.4 is 10.3 Å². The number of fused-ring (bicyclic) bond motifs is 5. The topological polar surface area (TPSA) is 120 Å². The third kappa shape index (κ3) is 6.93. The Bertz CT molecular complexity index is 2020. The number of hydrogen-bond acceptors (Lipinski definition) is 9. The number of carbonyl (C=O) groups excluding carboxylic acids is 3. The van der Waals surface area contributed by atoms with E-state index in [0.29, 0.717) is 72.3 Å². The van der Waals surface area contributed by atoms with Crippen molar-refractivity contribution in [3.05, 3.63) is 56.9 Å². The molecule has 1 unspecified atom stereocenters. The van der Waals surface area contributed by atoms with Crippen LogP contribution in [0.15, 0.2) is 29.1 Å². The summed E-state index contributed by atoms with van der Waals surface area (Å²) in [6.45, 7) is 17.8. The number of aromatic nitrogens is 2. The van der Waals surface area contributed by atoms with Crippen LogP contribution in [0.1, 0.15) is 116 Å². The lowest BCUT2D eigenvalue weighted by Crippen LogP contribution is -2.48. The fourth-order valence-corrected chi connectivity index (χ4v) is 9.13. The van der Waals surface area contributed by atoms with Gasteiger partial charge in [-0.25, -0.2) is 14.6 Å². The monoisotopic (exact) mass is 740 g/mol. The van der Waals surface area contributed by atoms with Crippen LogP contribution in [0.3, 0.4) is 0 Å². The third-order valence-electron chi connectivity index (χ3n) is 12.1. The minimum atomic E-state index is -1.75. The lowest BCUT2D eigenvalue weighted by Gasteiger charge is -2.39. The second kappa shape index (κ2) is 14.8. The van der Waals surface area contributed by atoms with E-state index in [4.69, 9.17) is 19.2 Å². The molecule has 0 N–H and O–H groups in total. The van der Waals surface area contributed by atoms with Crippen molar-refractivity contribution < 1.29 is 28.6 Å². The molecule has 54 heavy (non-hydrogen) atoms. The van der Waals surface area contributed by atoms with Gasteiger partial charge in [0.2, 0.25) is 5.60 Å². The average Bonchev–Trinajstić information content (AvgIpc) is 3.52. The first kappa shape index (κ1) is 38.0. The highest BCUT2D eigenvalue weighted by Gasteiger charge is 2.51. The minimum Gasteiger partial charge on any atom is -0.457 e. The summed E-state index contributed by atoms with van der Waals surface area (Å²) >= 11 is 0. The highest BCUT2D eigenvalue weighted by atomic mass is 16.6. The van der Waals surface area contributed by atoms with Crippen LogP contribution in [0.25, 0.3) is 22.3 Å². The van der Waals surface area contributed by atoms with Gasteiger partial charge < -0.3 is 28.6 Å². The Morgan fingerprint density at radius 2 is 1.72 bits per heavy atom. The second-order valence-corrected chi connectivity index (χ2v) is 17.2. The SMILES string of the molecule is CCc1c2c(nc3ccc(OC(=O)N4CCC(N5CCCCC5)CC4)cc13)-c1cc3c(c(=O)n1C2)COC(=O)[C@@]3(CC)OC(=O)C(CC(C)(C)C)C(C)C. The van der Waals surface area contributed by atoms with Crippen molar-refractivity contribution in [2.75, 3.05) is 26.2 Å². The molecule has 290 valence electrons. The maximum atomic E-state index is 14.3. The Hall–Kier alpha value is -4.25. The van der Waals surface area contributed by atoms with E-state index in [1.165, 1.54) is 19.3 Å². The third-order valence-corrected chi connectivity index (χ3v) is 12.1. The number of aryl methyl sites for hydroxylation is 1. The minimum absolute atomic E-state index is 0.0157. The summed E-state index contributed by atoms with van der Waals surface area (Å²) in [7, 11) is 0. The lowest BCUT2D eigenvalue weighted by molar-refractivity contribution is -0.193. The van der Waals surface area contributed by atoms with Gasteiger partial charge in [-0.2, -0.15) is 0 Å². The number of rotatable bonds is 8. The van der Waals surface area contributed by atoms with E-state index in [2.05, 4.69) is 32.6 Å². The maximum absolute atomic E-state index is 14.3. The number of nitrogens with zero attached hydrogens (tertiary/aromatic N) is 4. The lowest BCUT2D eigenvalue weighted by atomic mass is 9.79. The van der Waals surface area contributed by atoms with Crippen molar-refractivity contribution in [2.24, 2.45) is 17.3 Å². The predicted octanol–water partition coefficient (Wildman–Crippen LogP) is 7.35. The van der Waals surface area contributed by atoms with E-state index in [1.807, 2.05) is 36.9 Å². The van der Waals surface area contributed by atoms with Crippen molar-refractivity contribution in [1.29, 1.82) is 0 Å². The molecule has 2 atom stereocenters. The van der Waals surface area contributed by atoms with Crippen molar-refractivity contribution in [2.45, 2.75) is 125 Å². The zero-order valence-corrected chi connectivity index (χ0v) is 33.1. The van der Waals surface area contributed by atoms with Crippen LogP contribution in [0.4, 0.5) is 4.79 Å². The van der Waals surface area contributed by atoms with E-state index >= 15 is 0 Å². The van der Waals surface area contributed by atoms with E-state index in [0.717, 1.165) is 42.4 Å². The summed E-state index contributed by atoms with van der Waals surface area (Å²) in [5.41, 5.74) is 2.37. The summed E-state index contributed by atoms with van der Waals surface area (Å²) in [6, 6.07) is 7.86. The zero-order chi connectivity index (χ0) is 38.5. The summed E-state index contributed by atoms with van der Waals surface area (Å²) in [5.74, 6) is -1.13. The Morgan fingerprint density at radius 3 is 2.37 bits per heavy atom. The van der Waals surface area contributed by atoms with Crippen molar-refractivity contribution in [3.8, 4) is 17.1 Å². The van der Waals surface area contributed by atoms with Crippen molar-refractivity contribution in [3.63, 3.8) is 0 Å². The molecular formula is C43H56N4O7. The number of benzene rings is 1. The summed E-state index contributed by atoms with van der Waals surface area (Å²) in [5, 5.41) is 0.866. The largest absolute Gasteiger partial charge is 0.457 e. The number of hydrogen-bond donors (Lipinski definition) is 0. The van der Waals surface area contributed by atoms with Gasteiger partial charge in [0.1, 0.15) is 12.4 Å². The van der Waals surface area contributed by atoms with E-state index in [1.54, 1.807) is 17.6 Å². The second-order valence-electron chi connectivity index (χ2n) is 17.2. The van der Waals surface area contributed by atoms with Gasteiger partial charge in [0.15, 0.2) is 0 Å². The molecule has 7 rings (SSSR count). The number of esters is 2. The zero-order valence-electron chi connectivity index (χ0n) is 33.1. The first-order valence-electron chi connectivity index (χ1n) is 20.1. The Morgan fingerprint density at radius 1 is 1.00 bits per heavy atom. The van der Waals surface area contributed by atoms with Gasteiger partial charge in [-0.15, -0.1) is 0 Å². The number of carbonyl (C=O) groups is 3. The number of ether oxygens (including phenoxy) is 3. The molecule has 0 radical (unpaired) electrons. The molecule has 0 bridgehead atoms. The van der Waals surface area contributed by atoms with Gasteiger partial charge in [-0.05, 0) is 99.2 Å². The molecule has 2 fully saturated rings.